The summed E-state index contributed by atoms with van der Waals surface area (Å²) >= 11 is 16.0. The molecule has 5 nitrogen and oxygen atoms in total. The first-order valence-corrected chi connectivity index (χ1v) is 5.66. The first kappa shape index (κ1) is 14.9. The summed E-state index contributed by atoms with van der Waals surface area (Å²) in [5.41, 5.74) is 5.76. The lowest BCUT2D eigenvalue weighted by Gasteiger charge is -2.12. The van der Waals surface area contributed by atoms with Gasteiger partial charge in [0.2, 0.25) is 0 Å². The Balaban J connectivity index is 3.09. The highest BCUT2D eigenvalue weighted by molar-refractivity contribution is 6.75. The summed E-state index contributed by atoms with van der Waals surface area (Å²) in [6, 6.07) is 4.01. The van der Waals surface area contributed by atoms with E-state index in [4.69, 9.17) is 45.3 Å². The molecule has 1 aromatic rings. The minimum atomic E-state index is -2.24. The lowest BCUT2D eigenvalue weighted by molar-refractivity contribution is -0.133. The average molecular weight is 313 g/mol. The number of rotatable bonds is 2. The Morgan fingerprint density at radius 3 is 2.39 bits per heavy atom. The quantitative estimate of drug-likeness (QED) is 0.392. The van der Waals surface area contributed by atoms with Gasteiger partial charge in [-0.15, -0.1) is 0 Å². The SMILES string of the molecule is COC(=O)c1cc(N)ccc1OC(=O)C(Cl)(Cl)Cl. The lowest BCUT2D eigenvalue weighted by atomic mass is 10.2. The number of alkyl halides is 3. The van der Waals surface area contributed by atoms with Crippen molar-refractivity contribution in [3.05, 3.63) is 23.8 Å². The molecule has 1 rings (SSSR count). The average Bonchev–Trinajstić information content (AvgIpc) is 2.29. The minimum Gasteiger partial charge on any atom is -0.465 e. The highest BCUT2D eigenvalue weighted by Crippen LogP contribution is 2.30. The summed E-state index contributed by atoms with van der Waals surface area (Å²) in [6.07, 6.45) is 0. The van der Waals surface area contributed by atoms with Crippen molar-refractivity contribution in [3.63, 3.8) is 0 Å². The van der Waals surface area contributed by atoms with Gasteiger partial charge in [0.15, 0.2) is 0 Å². The second kappa shape index (κ2) is 5.65. The number of carbonyl (C=O) groups excluding carboxylic acids is 2. The van der Waals surface area contributed by atoms with Crippen molar-refractivity contribution in [2.45, 2.75) is 3.79 Å². The van der Waals surface area contributed by atoms with Crippen molar-refractivity contribution < 1.29 is 19.1 Å². The molecular weight excluding hydrogens is 304 g/mol. The Morgan fingerprint density at radius 2 is 1.89 bits per heavy atom. The molecule has 0 fully saturated rings. The van der Waals surface area contributed by atoms with E-state index in [2.05, 4.69) is 4.74 Å². The van der Waals surface area contributed by atoms with E-state index in [-0.39, 0.29) is 11.3 Å². The Morgan fingerprint density at radius 1 is 1.28 bits per heavy atom. The topological polar surface area (TPSA) is 78.6 Å². The van der Waals surface area contributed by atoms with Crippen LogP contribution in [0, 0.1) is 0 Å². The van der Waals surface area contributed by atoms with E-state index in [1.165, 1.54) is 25.3 Å². The molecule has 0 saturated carbocycles. The van der Waals surface area contributed by atoms with Crippen LogP contribution < -0.4 is 10.5 Å². The maximum atomic E-state index is 11.4. The molecule has 8 heteroatoms. The van der Waals surface area contributed by atoms with Crippen LogP contribution in [0.15, 0.2) is 18.2 Å². The van der Waals surface area contributed by atoms with Crippen molar-refractivity contribution in [1.29, 1.82) is 0 Å². The van der Waals surface area contributed by atoms with Gasteiger partial charge in [0.25, 0.3) is 3.79 Å². The zero-order valence-corrected chi connectivity index (χ0v) is 11.3. The second-order valence-corrected chi connectivity index (χ2v) is 5.42. The number of ether oxygens (including phenoxy) is 2. The molecule has 0 aromatic heterocycles. The summed E-state index contributed by atoms with van der Waals surface area (Å²) in [6.45, 7) is 0. The lowest BCUT2D eigenvalue weighted by Crippen LogP contribution is -2.25. The predicted molar refractivity (Wildman–Crippen MR) is 68.1 cm³/mol. The summed E-state index contributed by atoms with van der Waals surface area (Å²) < 4.78 is 7.07. The number of benzene rings is 1. The number of hydrogen-bond donors (Lipinski definition) is 1. The van der Waals surface area contributed by atoms with E-state index in [9.17, 15) is 9.59 Å². The van der Waals surface area contributed by atoms with Gasteiger partial charge in [0, 0.05) is 5.69 Å². The van der Waals surface area contributed by atoms with Crippen molar-refractivity contribution in [2.75, 3.05) is 12.8 Å². The minimum absolute atomic E-state index is 0.0416. The van der Waals surface area contributed by atoms with Crippen LogP contribution in [0.25, 0.3) is 0 Å². The first-order valence-electron chi connectivity index (χ1n) is 4.52. The number of esters is 2. The molecule has 98 valence electrons. The number of methoxy groups -OCH3 is 1. The predicted octanol–water partition coefficient (Wildman–Crippen LogP) is 2.33. The van der Waals surface area contributed by atoms with E-state index < -0.39 is 15.7 Å². The largest absolute Gasteiger partial charge is 0.465 e. The van der Waals surface area contributed by atoms with Crippen LogP contribution in [-0.2, 0) is 9.53 Å². The molecule has 1 aromatic carbocycles. The van der Waals surface area contributed by atoms with Gasteiger partial charge in [-0.25, -0.2) is 9.59 Å². The van der Waals surface area contributed by atoms with E-state index in [0.717, 1.165) is 0 Å². The Bertz CT molecular complexity index is 485. The summed E-state index contributed by atoms with van der Waals surface area (Å²) in [7, 11) is 1.17. The van der Waals surface area contributed by atoms with E-state index in [0.29, 0.717) is 5.69 Å². The summed E-state index contributed by atoms with van der Waals surface area (Å²) in [5, 5.41) is 0. The molecule has 0 aliphatic rings. The van der Waals surface area contributed by atoms with Gasteiger partial charge in [0.1, 0.15) is 11.3 Å². The van der Waals surface area contributed by atoms with Crippen LogP contribution >= 0.6 is 34.8 Å². The van der Waals surface area contributed by atoms with Crippen LogP contribution in [0.3, 0.4) is 0 Å². The third-order valence-corrected chi connectivity index (χ3v) is 2.31. The van der Waals surface area contributed by atoms with Gasteiger partial charge in [-0.2, -0.15) is 0 Å². The van der Waals surface area contributed by atoms with Crippen LogP contribution in [0.1, 0.15) is 10.4 Å². The Labute approximate surface area is 118 Å². The van der Waals surface area contributed by atoms with E-state index in [1.807, 2.05) is 0 Å². The molecule has 18 heavy (non-hydrogen) atoms. The van der Waals surface area contributed by atoms with Gasteiger partial charge in [-0.05, 0) is 18.2 Å². The van der Waals surface area contributed by atoms with Crippen molar-refractivity contribution in [2.24, 2.45) is 0 Å². The first-order chi connectivity index (χ1) is 8.25. The molecule has 2 N–H and O–H groups in total. The number of hydrogen-bond acceptors (Lipinski definition) is 5. The second-order valence-electron chi connectivity index (χ2n) is 3.13. The molecule has 0 aliphatic carbocycles. The number of carbonyl (C=O) groups is 2. The molecule has 0 saturated heterocycles. The van der Waals surface area contributed by atoms with Crippen molar-refractivity contribution in [3.8, 4) is 5.75 Å². The van der Waals surface area contributed by atoms with Crippen LogP contribution in [0.5, 0.6) is 5.75 Å². The van der Waals surface area contributed by atoms with Crippen LogP contribution in [0.4, 0.5) is 5.69 Å². The third-order valence-electron chi connectivity index (χ3n) is 1.84. The van der Waals surface area contributed by atoms with Crippen molar-refractivity contribution in [1.82, 2.24) is 0 Å². The highest BCUT2D eigenvalue weighted by atomic mass is 35.6. The standard InChI is InChI=1S/C10H8Cl3NO4/c1-17-8(15)6-4-5(14)2-3-7(6)18-9(16)10(11,12)13/h2-4H,14H2,1H3. The fourth-order valence-electron chi connectivity index (χ4n) is 1.06. The van der Waals surface area contributed by atoms with Gasteiger partial charge < -0.3 is 15.2 Å². The Hall–Kier alpha value is -1.17. The Kier molecular flexibility index (Phi) is 4.67. The molecule has 0 unspecified atom stereocenters. The maximum absolute atomic E-state index is 11.4. The van der Waals surface area contributed by atoms with Crippen LogP contribution in [-0.4, -0.2) is 22.8 Å². The molecule has 0 radical (unpaired) electrons. The number of nitrogen functional groups attached to an aromatic ring is 1. The van der Waals surface area contributed by atoms with Gasteiger partial charge >= 0.3 is 11.9 Å². The van der Waals surface area contributed by atoms with Gasteiger partial charge in [0.05, 0.1) is 7.11 Å². The molecule has 0 bridgehead atoms. The number of nitrogens with two attached hydrogens (primary N) is 1. The van der Waals surface area contributed by atoms with E-state index in [1.54, 1.807) is 0 Å². The zero-order valence-electron chi connectivity index (χ0n) is 9.08. The molecule has 0 atom stereocenters. The number of halogens is 3. The molecule has 0 aliphatic heterocycles. The van der Waals surface area contributed by atoms with Gasteiger partial charge in [-0.3, -0.25) is 0 Å². The highest BCUT2D eigenvalue weighted by Gasteiger charge is 2.34. The molecule has 0 amide bonds. The van der Waals surface area contributed by atoms with Crippen molar-refractivity contribution >= 4 is 52.4 Å². The van der Waals surface area contributed by atoms with Gasteiger partial charge in [-0.1, -0.05) is 34.8 Å². The van der Waals surface area contributed by atoms with E-state index >= 15 is 0 Å². The smallest absolute Gasteiger partial charge is 0.363 e. The normalized spacial score (nSPS) is 10.9. The number of anilines is 1. The fraction of sp³-hybridized carbons (Fsp3) is 0.200. The third kappa shape index (κ3) is 3.66. The fourth-order valence-corrected chi connectivity index (χ4v) is 1.18. The van der Waals surface area contributed by atoms with Crippen LogP contribution in [0.2, 0.25) is 0 Å². The molecule has 0 spiro atoms. The monoisotopic (exact) mass is 311 g/mol. The maximum Gasteiger partial charge on any atom is 0.363 e. The summed E-state index contributed by atoms with van der Waals surface area (Å²) in [5.74, 6) is -1.97. The molecule has 0 heterocycles. The molecular formula is C10H8Cl3NO4. The zero-order chi connectivity index (χ0) is 13.9. The summed E-state index contributed by atoms with van der Waals surface area (Å²) in [4.78, 5) is 22.8.